The van der Waals surface area contributed by atoms with E-state index in [9.17, 15) is 9.18 Å². The molecule has 25 heavy (non-hydrogen) atoms. The molecule has 6 nitrogen and oxygen atoms in total. The number of nitrogens with two attached hydrogens (primary N) is 1. The number of aryl methyl sites for hydroxylation is 1. The fraction of sp³-hybridized carbons (Fsp3) is 0.118. The molecule has 128 valence electrons. The highest BCUT2D eigenvalue weighted by Gasteiger charge is 2.14. The number of nitrogen functional groups attached to an aromatic ring is 1. The summed E-state index contributed by atoms with van der Waals surface area (Å²) in [6.45, 7) is 1.98. The summed E-state index contributed by atoms with van der Waals surface area (Å²) in [5, 5.41) is 11.0. The third-order valence-electron chi connectivity index (χ3n) is 3.42. The second-order valence-electron chi connectivity index (χ2n) is 5.36. The van der Waals surface area contributed by atoms with Crippen LogP contribution in [0, 0.1) is 12.7 Å². The zero-order valence-corrected chi connectivity index (χ0v) is 14.3. The lowest BCUT2D eigenvalue weighted by Crippen LogP contribution is -2.17. The maximum Gasteiger partial charge on any atom is 0.234 e. The molecular weight excluding hydrogens is 341 g/mol. The molecule has 0 spiro atoms. The zero-order chi connectivity index (χ0) is 17.8. The smallest absolute Gasteiger partial charge is 0.234 e. The van der Waals surface area contributed by atoms with Crippen LogP contribution in [0.15, 0.2) is 53.7 Å². The van der Waals surface area contributed by atoms with Crippen LogP contribution in [0.2, 0.25) is 0 Å². The average molecular weight is 357 g/mol. The summed E-state index contributed by atoms with van der Waals surface area (Å²) < 4.78 is 14.9. The Kier molecular flexibility index (Phi) is 4.99. The van der Waals surface area contributed by atoms with Crippen LogP contribution < -0.4 is 11.2 Å². The van der Waals surface area contributed by atoms with E-state index in [1.807, 2.05) is 31.2 Å². The first-order valence-corrected chi connectivity index (χ1v) is 8.48. The van der Waals surface area contributed by atoms with E-state index in [2.05, 4.69) is 15.5 Å². The number of hydrogen-bond acceptors (Lipinski definition) is 5. The SMILES string of the molecule is Cc1cccc(-c2nnc(SCC(=O)Nc3ccccc3F)n2N)c1. The highest BCUT2D eigenvalue weighted by Crippen LogP contribution is 2.22. The highest BCUT2D eigenvalue weighted by molar-refractivity contribution is 7.99. The molecule has 2 aromatic carbocycles. The minimum Gasteiger partial charge on any atom is -0.335 e. The molecule has 0 radical (unpaired) electrons. The number of nitrogens with one attached hydrogen (secondary N) is 1. The second kappa shape index (κ2) is 7.35. The lowest BCUT2D eigenvalue weighted by Gasteiger charge is -2.06. The van der Waals surface area contributed by atoms with Crippen molar-refractivity contribution in [1.82, 2.24) is 14.9 Å². The largest absolute Gasteiger partial charge is 0.335 e. The predicted octanol–water partition coefficient (Wildman–Crippen LogP) is 2.84. The molecule has 0 saturated heterocycles. The standard InChI is InChI=1S/C17H16FN5OS/c1-11-5-4-6-12(9-11)16-21-22-17(23(16)19)25-10-15(24)20-14-8-3-2-7-13(14)18/h2-9H,10,19H2,1H3,(H,20,24). The maximum atomic E-state index is 13.5. The Morgan fingerprint density at radius 2 is 2.04 bits per heavy atom. The summed E-state index contributed by atoms with van der Waals surface area (Å²) >= 11 is 1.13. The summed E-state index contributed by atoms with van der Waals surface area (Å²) in [6, 6.07) is 13.7. The first-order chi connectivity index (χ1) is 12.0. The van der Waals surface area contributed by atoms with Crippen molar-refractivity contribution in [1.29, 1.82) is 0 Å². The van der Waals surface area contributed by atoms with Crippen molar-refractivity contribution < 1.29 is 9.18 Å². The third kappa shape index (κ3) is 3.97. The number of carbonyl (C=O) groups is 1. The normalized spacial score (nSPS) is 10.6. The number of thioether (sulfide) groups is 1. The molecule has 3 aromatic rings. The molecule has 0 aliphatic heterocycles. The first kappa shape index (κ1) is 17.0. The minimum absolute atomic E-state index is 0.0392. The Morgan fingerprint density at radius 3 is 2.80 bits per heavy atom. The number of nitrogens with zero attached hydrogens (tertiary/aromatic N) is 3. The molecule has 3 N–H and O–H groups in total. The lowest BCUT2D eigenvalue weighted by molar-refractivity contribution is -0.113. The van der Waals surface area contributed by atoms with Crippen LogP contribution in [0.1, 0.15) is 5.56 Å². The van der Waals surface area contributed by atoms with Gasteiger partial charge < -0.3 is 11.2 Å². The Hall–Kier alpha value is -2.87. The van der Waals surface area contributed by atoms with E-state index in [1.165, 1.54) is 16.8 Å². The van der Waals surface area contributed by atoms with Crippen molar-refractivity contribution in [2.24, 2.45) is 0 Å². The molecule has 0 aliphatic rings. The van der Waals surface area contributed by atoms with E-state index in [4.69, 9.17) is 5.84 Å². The average Bonchev–Trinajstić information content (AvgIpc) is 2.96. The van der Waals surface area contributed by atoms with Gasteiger partial charge in [-0.15, -0.1) is 10.2 Å². The van der Waals surface area contributed by atoms with Gasteiger partial charge in [0.2, 0.25) is 11.1 Å². The number of aromatic nitrogens is 3. The fourth-order valence-corrected chi connectivity index (χ4v) is 2.89. The lowest BCUT2D eigenvalue weighted by atomic mass is 10.1. The van der Waals surface area contributed by atoms with Gasteiger partial charge in [0.15, 0.2) is 5.82 Å². The van der Waals surface area contributed by atoms with Crippen molar-refractivity contribution in [3.63, 3.8) is 0 Å². The Balaban J connectivity index is 1.66. The number of anilines is 1. The molecule has 1 amide bonds. The van der Waals surface area contributed by atoms with E-state index in [-0.39, 0.29) is 17.3 Å². The van der Waals surface area contributed by atoms with E-state index in [0.717, 1.165) is 22.9 Å². The van der Waals surface area contributed by atoms with Gasteiger partial charge in [-0.3, -0.25) is 4.79 Å². The Labute approximate surface area is 148 Å². The molecule has 3 rings (SSSR count). The number of amides is 1. The number of carbonyl (C=O) groups excluding carboxylic acids is 1. The molecule has 0 atom stereocenters. The van der Waals surface area contributed by atoms with Gasteiger partial charge in [-0.2, -0.15) is 0 Å². The van der Waals surface area contributed by atoms with Crippen molar-refractivity contribution in [3.8, 4) is 11.4 Å². The predicted molar refractivity (Wildman–Crippen MR) is 96.1 cm³/mol. The van der Waals surface area contributed by atoms with Crippen LogP contribution in [-0.4, -0.2) is 26.5 Å². The van der Waals surface area contributed by atoms with Crippen molar-refractivity contribution in [3.05, 3.63) is 59.9 Å². The second-order valence-corrected chi connectivity index (χ2v) is 6.30. The van der Waals surface area contributed by atoms with Crippen LogP contribution in [0.3, 0.4) is 0 Å². The van der Waals surface area contributed by atoms with Crippen LogP contribution in [0.5, 0.6) is 0 Å². The zero-order valence-electron chi connectivity index (χ0n) is 13.4. The summed E-state index contributed by atoms with van der Waals surface area (Å²) in [5.41, 5.74) is 2.07. The molecule has 1 aromatic heterocycles. The molecule has 0 fully saturated rings. The van der Waals surface area contributed by atoms with E-state index in [1.54, 1.807) is 12.1 Å². The molecule has 8 heteroatoms. The molecule has 0 saturated carbocycles. The van der Waals surface area contributed by atoms with Crippen molar-refractivity contribution in [2.45, 2.75) is 12.1 Å². The molecule has 0 aliphatic carbocycles. The van der Waals surface area contributed by atoms with Crippen molar-refractivity contribution in [2.75, 3.05) is 16.9 Å². The number of hydrogen-bond donors (Lipinski definition) is 2. The van der Waals surface area contributed by atoms with E-state index >= 15 is 0 Å². The van der Waals surface area contributed by atoms with Crippen LogP contribution in [0.4, 0.5) is 10.1 Å². The number of benzene rings is 2. The van der Waals surface area contributed by atoms with Gasteiger partial charge in [-0.25, -0.2) is 9.07 Å². The minimum atomic E-state index is -0.482. The van der Waals surface area contributed by atoms with E-state index in [0.29, 0.717) is 11.0 Å². The highest BCUT2D eigenvalue weighted by atomic mass is 32.2. The topological polar surface area (TPSA) is 85.8 Å². The first-order valence-electron chi connectivity index (χ1n) is 7.49. The van der Waals surface area contributed by atoms with E-state index < -0.39 is 5.82 Å². The summed E-state index contributed by atoms with van der Waals surface area (Å²) in [7, 11) is 0. The molecule has 0 bridgehead atoms. The van der Waals surface area contributed by atoms with Gasteiger partial charge in [0.25, 0.3) is 0 Å². The van der Waals surface area contributed by atoms with Gasteiger partial charge in [-0.1, -0.05) is 47.7 Å². The van der Waals surface area contributed by atoms with Gasteiger partial charge in [-0.05, 0) is 25.1 Å². The Morgan fingerprint density at radius 1 is 1.24 bits per heavy atom. The number of halogens is 1. The molecular formula is C17H16FN5OS. The van der Waals surface area contributed by atoms with Gasteiger partial charge in [0, 0.05) is 5.56 Å². The fourth-order valence-electron chi connectivity index (χ4n) is 2.24. The van der Waals surface area contributed by atoms with Crippen LogP contribution in [-0.2, 0) is 4.79 Å². The van der Waals surface area contributed by atoms with Crippen LogP contribution in [0.25, 0.3) is 11.4 Å². The van der Waals surface area contributed by atoms with Crippen molar-refractivity contribution >= 4 is 23.4 Å². The quantitative estimate of drug-likeness (QED) is 0.542. The molecule has 1 heterocycles. The summed E-state index contributed by atoms with van der Waals surface area (Å²) in [5.74, 6) is 5.75. The number of para-hydroxylation sites is 1. The monoisotopic (exact) mass is 357 g/mol. The summed E-state index contributed by atoms with van der Waals surface area (Å²) in [4.78, 5) is 12.0. The van der Waals surface area contributed by atoms with Crippen LogP contribution >= 0.6 is 11.8 Å². The number of rotatable bonds is 5. The third-order valence-corrected chi connectivity index (χ3v) is 4.36. The summed E-state index contributed by atoms with van der Waals surface area (Å²) in [6.07, 6.45) is 0. The van der Waals surface area contributed by atoms with Gasteiger partial charge in [0.1, 0.15) is 5.82 Å². The van der Waals surface area contributed by atoms with Gasteiger partial charge in [0.05, 0.1) is 11.4 Å². The van der Waals surface area contributed by atoms with Gasteiger partial charge >= 0.3 is 0 Å². The molecule has 0 unspecified atom stereocenters. The Bertz CT molecular complexity index is 912. The maximum absolute atomic E-state index is 13.5.